The first kappa shape index (κ1) is 15.4. The van der Waals surface area contributed by atoms with E-state index < -0.39 is 10.0 Å². The van der Waals surface area contributed by atoms with E-state index in [1.807, 2.05) is 0 Å². The fourth-order valence-corrected chi connectivity index (χ4v) is 2.75. The molecule has 1 heterocycles. The molecule has 0 fully saturated rings. The molecule has 0 saturated carbocycles. The van der Waals surface area contributed by atoms with Crippen LogP contribution in [-0.2, 0) is 16.6 Å². The van der Waals surface area contributed by atoms with Gasteiger partial charge < -0.3 is 10.7 Å². The molecule has 0 radical (unpaired) electrons. The average molecular weight is 307 g/mol. The first-order valence-electron chi connectivity index (χ1n) is 6.31. The molecule has 0 atom stereocenters. The molecule has 0 aliphatic carbocycles. The largest absolute Gasteiger partial charge is 0.326 e. The number of hydrogen-bond acceptors (Lipinski definition) is 4. The Morgan fingerprint density at radius 2 is 1.71 bits per heavy atom. The summed E-state index contributed by atoms with van der Waals surface area (Å²) in [6, 6.07) is 9.75. The van der Waals surface area contributed by atoms with Crippen LogP contribution < -0.4 is 11.3 Å². The highest BCUT2D eigenvalue weighted by molar-refractivity contribution is 7.89. The maximum atomic E-state index is 12.0. The summed E-state index contributed by atoms with van der Waals surface area (Å²) >= 11 is 0. The molecule has 0 bridgehead atoms. The van der Waals surface area contributed by atoms with E-state index in [1.165, 1.54) is 26.2 Å². The molecular weight excluding hydrogens is 290 g/mol. The van der Waals surface area contributed by atoms with Crippen molar-refractivity contribution in [3.8, 4) is 11.3 Å². The van der Waals surface area contributed by atoms with Crippen LogP contribution in [0.5, 0.6) is 0 Å². The van der Waals surface area contributed by atoms with Gasteiger partial charge in [-0.1, -0.05) is 18.2 Å². The Bertz CT molecular complexity index is 793. The smallest absolute Gasteiger partial charge is 0.252 e. The number of sulfonamides is 1. The van der Waals surface area contributed by atoms with E-state index in [2.05, 4.69) is 4.98 Å². The maximum absolute atomic E-state index is 12.0. The van der Waals surface area contributed by atoms with E-state index in [-0.39, 0.29) is 17.0 Å². The summed E-state index contributed by atoms with van der Waals surface area (Å²) in [5.41, 5.74) is 7.06. The zero-order valence-electron chi connectivity index (χ0n) is 11.8. The number of H-pyrrole nitrogens is 1. The average Bonchev–Trinajstić information content (AvgIpc) is 2.47. The van der Waals surface area contributed by atoms with E-state index in [4.69, 9.17) is 5.73 Å². The number of nitrogens with two attached hydrogens (primary N) is 1. The normalized spacial score (nSPS) is 11.8. The molecule has 0 aliphatic heterocycles. The zero-order valence-corrected chi connectivity index (χ0v) is 12.6. The first-order chi connectivity index (χ1) is 9.86. The van der Waals surface area contributed by atoms with Gasteiger partial charge in [-0.25, -0.2) is 12.7 Å². The fraction of sp³-hybridized carbons (Fsp3) is 0.214. The second kappa shape index (κ2) is 5.80. The Kier molecular flexibility index (Phi) is 4.26. The Balaban J connectivity index is 2.40. The predicted octanol–water partition coefficient (Wildman–Crippen LogP) is 0.751. The molecule has 1 aromatic carbocycles. The molecule has 0 unspecified atom stereocenters. The summed E-state index contributed by atoms with van der Waals surface area (Å²) in [6.45, 7) is 0.176. The third-order valence-electron chi connectivity index (χ3n) is 3.15. The van der Waals surface area contributed by atoms with E-state index >= 15 is 0 Å². The summed E-state index contributed by atoms with van der Waals surface area (Å²) in [5, 5.41) is 0. The third-order valence-corrected chi connectivity index (χ3v) is 4.98. The van der Waals surface area contributed by atoms with Gasteiger partial charge in [0.15, 0.2) is 0 Å². The topological polar surface area (TPSA) is 96.3 Å². The fourth-order valence-electron chi connectivity index (χ4n) is 1.85. The number of aromatic nitrogens is 1. The quantitative estimate of drug-likeness (QED) is 0.871. The molecule has 2 rings (SSSR count). The van der Waals surface area contributed by atoms with Crippen molar-refractivity contribution in [3.63, 3.8) is 0 Å². The second-order valence-electron chi connectivity index (χ2n) is 4.74. The van der Waals surface area contributed by atoms with Crippen molar-refractivity contribution in [1.82, 2.24) is 9.29 Å². The van der Waals surface area contributed by atoms with Gasteiger partial charge in [0, 0.05) is 31.9 Å². The van der Waals surface area contributed by atoms with Gasteiger partial charge in [-0.2, -0.15) is 0 Å². The van der Waals surface area contributed by atoms with Crippen molar-refractivity contribution < 1.29 is 8.42 Å². The molecule has 0 aliphatic rings. The highest BCUT2D eigenvalue weighted by atomic mass is 32.2. The number of rotatable bonds is 4. The lowest BCUT2D eigenvalue weighted by Crippen LogP contribution is -2.22. The molecule has 112 valence electrons. The van der Waals surface area contributed by atoms with Crippen LogP contribution in [0.15, 0.2) is 46.1 Å². The Morgan fingerprint density at radius 3 is 2.19 bits per heavy atom. The predicted molar refractivity (Wildman–Crippen MR) is 81.3 cm³/mol. The summed E-state index contributed by atoms with van der Waals surface area (Å²) in [7, 11) is -0.493. The third kappa shape index (κ3) is 3.05. The summed E-state index contributed by atoms with van der Waals surface area (Å²) < 4.78 is 25.1. The minimum absolute atomic E-state index is 0.176. The molecule has 0 amide bonds. The second-order valence-corrected chi connectivity index (χ2v) is 6.89. The lowest BCUT2D eigenvalue weighted by molar-refractivity contribution is 0.521. The van der Waals surface area contributed by atoms with E-state index in [0.717, 1.165) is 9.87 Å². The minimum Gasteiger partial charge on any atom is -0.326 e. The van der Waals surface area contributed by atoms with Crippen LogP contribution >= 0.6 is 0 Å². The van der Waals surface area contributed by atoms with Crippen LogP contribution in [-0.4, -0.2) is 31.8 Å². The van der Waals surface area contributed by atoms with Crippen LogP contribution in [0.1, 0.15) is 5.56 Å². The SMILES string of the molecule is CN(C)S(=O)(=O)c1ccc(-c2ccc(CN)c(=O)[nH]2)cc1. The summed E-state index contributed by atoms with van der Waals surface area (Å²) in [6.07, 6.45) is 0. The van der Waals surface area contributed by atoms with Crippen molar-refractivity contribution in [3.05, 3.63) is 52.3 Å². The standard InChI is InChI=1S/C14H17N3O3S/c1-17(2)21(19,20)12-6-3-10(4-7-12)13-8-5-11(9-15)14(18)16-13/h3-8H,9,15H2,1-2H3,(H,16,18). The monoisotopic (exact) mass is 307 g/mol. The van der Waals surface area contributed by atoms with Crippen molar-refractivity contribution in [2.24, 2.45) is 5.73 Å². The van der Waals surface area contributed by atoms with Gasteiger partial charge in [0.05, 0.1) is 4.90 Å². The molecular formula is C14H17N3O3S. The van der Waals surface area contributed by atoms with Crippen molar-refractivity contribution in [1.29, 1.82) is 0 Å². The Labute approximate surface area is 123 Å². The van der Waals surface area contributed by atoms with Crippen molar-refractivity contribution in [2.45, 2.75) is 11.4 Å². The minimum atomic E-state index is -3.45. The first-order valence-corrected chi connectivity index (χ1v) is 7.75. The van der Waals surface area contributed by atoms with Crippen LogP contribution in [0.25, 0.3) is 11.3 Å². The van der Waals surface area contributed by atoms with E-state index in [0.29, 0.717) is 11.3 Å². The lowest BCUT2D eigenvalue weighted by Gasteiger charge is -2.11. The molecule has 7 heteroatoms. The zero-order chi connectivity index (χ0) is 15.6. The van der Waals surface area contributed by atoms with Crippen molar-refractivity contribution >= 4 is 10.0 Å². The van der Waals surface area contributed by atoms with Gasteiger partial charge in [-0.3, -0.25) is 4.79 Å². The molecule has 2 aromatic rings. The van der Waals surface area contributed by atoms with Gasteiger partial charge >= 0.3 is 0 Å². The molecule has 0 spiro atoms. The highest BCUT2D eigenvalue weighted by Gasteiger charge is 2.16. The Morgan fingerprint density at radius 1 is 1.10 bits per heavy atom. The molecule has 1 aromatic heterocycles. The van der Waals surface area contributed by atoms with Gasteiger partial charge in [-0.15, -0.1) is 0 Å². The van der Waals surface area contributed by atoms with Gasteiger partial charge in [-0.05, 0) is 23.8 Å². The van der Waals surface area contributed by atoms with Crippen LogP contribution in [0.3, 0.4) is 0 Å². The molecule has 21 heavy (non-hydrogen) atoms. The van der Waals surface area contributed by atoms with Gasteiger partial charge in [0.2, 0.25) is 10.0 Å². The lowest BCUT2D eigenvalue weighted by atomic mass is 10.1. The summed E-state index contributed by atoms with van der Waals surface area (Å²) in [5.74, 6) is 0. The van der Waals surface area contributed by atoms with Gasteiger partial charge in [0.25, 0.3) is 5.56 Å². The van der Waals surface area contributed by atoms with Crippen molar-refractivity contribution in [2.75, 3.05) is 14.1 Å². The summed E-state index contributed by atoms with van der Waals surface area (Å²) in [4.78, 5) is 14.7. The van der Waals surface area contributed by atoms with Gasteiger partial charge in [0.1, 0.15) is 0 Å². The number of pyridine rings is 1. The number of nitrogens with zero attached hydrogens (tertiary/aromatic N) is 1. The van der Waals surface area contributed by atoms with Crippen LogP contribution in [0.4, 0.5) is 0 Å². The maximum Gasteiger partial charge on any atom is 0.252 e. The Hall–Kier alpha value is -1.96. The van der Waals surface area contributed by atoms with Crippen LogP contribution in [0.2, 0.25) is 0 Å². The number of benzene rings is 1. The van der Waals surface area contributed by atoms with E-state index in [9.17, 15) is 13.2 Å². The number of hydrogen-bond donors (Lipinski definition) is 2. The molecule has 6 nitrogen and oxygen atoms in total. The molecule has 0 saturated heterocycles. The number of aromatic amines is 1. The number of nitrogens with one attached hydrogen (secondary N) is 1. The van der Waals surface area contributed by atoms with Crippen LogP contribution in [0, 0.1) is 0 Å². The van der Waals surface area contributed by atoms with E-state index in [1.54, 1.807) is 24.3 Å². The molecule has 3 N–H and O–H groups in total. The highest BCUT2D eigenvalue weighted by Crippen LogP contribution is 2.20.